The summed E-state index contributed by atoms with van der Waals surface area (Å²) >= 11 is 0. The summed E-state index contributed by atoms with van der Waals surface area (Å²) in [6.45, 7) is 8.92. The maximum Gasteiger partial charge on any atom is 0.180 e. The Balaban J connectivity index is 2.15. The third-order valence-electron chi connectivity index (χ3n) is 3.45. The van der Waals surface area contributed by atoms with Gasteiger partial charge in [-0.3, -0.25) is 0 Å². The van der Waals surface area contributed by atoms with Crippen LogP contribution in [0.5, 0.6) is 0 Å². The molecule has 0 aromatic carbocycles. The molecule has 2 aromatic rings. The van der Waals surface area contributed by atoms with Gasteiger partial charge in [-0.15, -0.1) is 0 Å². The molecule has 2 heterocycles. The van der Waals surface area contributed by atoms with E-state index in [9.17, 15) is 0 Å². The van der Waals surface area contributed by atoms with Crippen molar-refractivity contribution in [3.05, 3.63) is 18.6 Å². The lowest BCUT2D eigenvalue weighted by Gasteiger charge is -2.25. The minimum Gasteiger partial charge on any atom is -0.385 e. The molecule has 0 radical (unpaired) electrons. The Bertz CT molecular complexity index is 578. The molecule has 0 unspecified atom stereocenters. The number of anilines is 2. The Kier molecular flexibility index (Phi) is 5.01. The maximum atomic E-state index is 5.17. The average molecular weight is 291 g/mol. The van der Waals surface area contributed by atoms with E-state index < -0.39 is 0 Å². The van der Waals surface area contributed by atoms with Gasteiger partial charge in [0.05, 0.1) is 6.20 Å². The zero-order valence-corrected chi connectivity index (χ0v) is 13.3. The zero-order valence-electron chi connectivity index (χ0n) is 13.3. The topological polar surface area (TPSA) is 63.5 Å². The standard InChI is InChI=1S/C15H25N5O/c1-5-16-12-10-20-8-7-17-14(20)13(19-12)18-11-15(2,3)6-9-21-4/h7-8,10,16H,5-6,9,11H2,1-4H3,(H,18,19). The summed E-state index contributed by atoms with van der Waals surface area (Å²) in [4.78, 5) is 8.98. The van der Waals surface area contributed by atoms with Gasteiger partial charge >= 0.3 is 0 Å². The molecule has 0 saturated heterocycles. The van der Waals surface area contributed by atoms with Crippen molar-refractivity contribution in [3.63, 3.8) is 0 Å². The fourth-order valence-electron chi connectivity index (χ4n) is 2.11. The van der Waals surface area contributed by atoms with Crippen molar-refractivity contribution in [2.24, 2.45) is 5.41 Å². The Morgan fingerprint density at radius 1 is 1.33 bits per heavy atom. The lowest BCUT2D eigenvalue weighted by molar-refractivity contribution is 0.157. The number of ether oxygens (including phenoxy) is 1. The van der Waals surface area contributed by atoms with Crippen LogP contribution in [-0.2, 0) is 4.74 Å². The van der Waals surface area contributed by atoms with Crippen LogP contribution >= 0.6 is 0 Å². The van der Waals surface area contributed by atoms with Crippen LogP contribution in [0, 0.1) is 5.41 Å². The van der Waals surface area contributed by atoms with Crippen molar-refractivity contribution < 1.29 is 4.74 Å². The summed E-state index contributed by atoms with van der Waals surface area (Å²) in [5, 5.41) is 6.67. The fraction of sp³-hybridized carbons (Fsp3) is 0.600. The molecular formula is C15H25N5O. The fourth-order valence-corrected chi connectivity index (χ4v) is 2.11. The number of rotatable bonds is 8. The first kappa shape index (κ1) is 15.6. The molecule has 116 valence electrons. The second kappa shape index (κ2) is 6.76. The summed E-state index contributed by atoms with van der Waals surface area (Å²) in [7, 11) is 1.74. The van der Waals surface area contributed by atoms with E-state index in [1.165, 1.54) is 0 Å². The Labute approximate surface area is 125 Å². The van der Waals surface area contributed by atoms with Crippen molar-refractivity contribution in [2.75, 3.05) is 37.4 Å². The Hall–Kier alpha value is -1.82. The van der Waals surface area contributed by atoms with Crippen LogP contribution < -0.4 is 10.6 Å². The lowest BCUT2D eigenvalue weighted by atomic mass is 9.90. The number of imidazole rings is 1. The number of aromatic nitrogens is 3. The van der Waals surface area contributed by atoms with Crippen LogP contribution in [0.15, 0.2) is 18.6 Å². The van der Waals surface area contributed by atoms with E-state index in [4.69, 9.17) is 4.74 Å². The van der Waals surface area contributed by atoms with Gasteiger partial charge in [-0.1, -0.05) is 13.8 Å². The van der Waals surface area contributed by atoms with E-state index in [1.807, 2.05) is 16.8 Å². The zero-order chi connectivity index (χ0) is 15.3. The molecule has 0 aliphatic heterocycles. The predicted octanol–water partition coefficient (Wildman–Crippen LogP) is 2.64. The number of fused-ring (bicyclic) bond motifs is 1. The van der Waals surface area contributed by atoms with E-state index in [0.29, 0.717) is 0 Å². The molecule has 2 N–H and O–H groups in total. The van der Waals surface area contributed by atoms with Crippen LogP contribution in [-0.4, -0.2) is 41.2 Å². The number of nitrogens with zero attached hydrogens (tertiary/aromatic N) is 3. The predicted molar refractivity (Wildman–Crippen MR) is 85.9 cm³/mol. The SMILES string of the molecule is CCNc1cn2ccnc2c(NCC(C)(C)CCOC)n1. The second-order valence-electron chi connectivity index (χ2n) is 5.92. The first-order valence-corrected chi connectivity index (χ1v) is 7.36. The van der Waals surface area contributed by atoms with E-state index >= 15 is 0 Å². The minimum absolute atomic E-state index is 0.134. The Morgan fingerprint density at radius 2 is 2.14 bits per heavy atom. The molecule has 0 saturated carbocycles. The van der Waals surface area contributed by atoms with Crippen molar-refractivity contribution >= 4 is 17.3 Å². The second-order valence-corrected chi connectivity index (χ2v) is 5.92. The quantitative estimate of drug-likeness (QED) is 0.783. The van der Waals surface area contributed by atoms with Gasteiger partial charge in [0.2, 0.25) is 0 Å². The lowest BCUT2D eigenvalue weighted by Crippen LogP contribution is -2.25. The highest BCUT2D eigenvalue weighted by Gasteiger charge is 2.18. The minimum atomic E-state index is 0.134. The molecule has 0 spiro atoms. The number of hydrogen-bond donors (Lipinski definition) is 2. The van der Waals surface area contributed by atoms with Crippen LogP contribution in [0.3, 0.4) is 0 Å². The van der Waals surface area contributed by atoms with Gasteiger partial charge in [-0.25, -0.2) is 9.97 Å². The van der Waals surface area contributed by atoms with Gasteiger partial charge in [0, 0.05) is 39.2 Å². The van der Waals surface area contributed by atoms with Crippen LogP contribution in [0.4, 0.5) is 11.6 Å². The first-order valence-electron chi connectivity index (χ1n) is 7.36. The number of nitrogens with one attached hydrogen (secondary N) is 2. The highest BCUT2D eigenvalue weighted by molar-refractivity contribution is 5.65. The average Bonchev–Trinajstić information content (AvgIpc) is 2.91. The first-order chi connectivity index (χ1) is 10.1. The van der Waals surface area contributed by atoms with Crippen molar-refractivity contribution in [1.82, 2.24) is 14.4 Å². The molecule has 0 fully saturated rings. The van der Waals surface area contributed by atoms with Gasteiger partial charge in [-0.2, -0.15) is 0 Å². The molecule has 0 aliphatic carbocycles. The van der Waals surface area contributed by atoms with Gasteiger partial charge < -0.3 is 19.8 Å². The highest BCUT2D eigenvalue weighted by Crippen LogP contribution is 2.23. The largest absolute Gasteiger partial charge is 0.385 e. The van der Waals surface area contributed by atoms with Crippen molar-refractivity contribution in [1.29, 1.82) is 0 Å². The molecule has 0 atom stereocenters. The number of methoxy groups -OCH3 is 1. The molecule has 21 heavy (non-hydrogen) atoms. The third-order valence-corrected chi connectivity index (χ3v) is 3.45. The molecule has 2 rings (SSSR count). The molecule has 6 nitrogen and oxygen atoms in total. The monoisotopic (exact) mass is 291 g/mol. The summed E-state index contributed by atoms with van der Waals surface area (Å²) < 4.78 is 7.15. The van der Waals surface area contributed by atoms with Crippen LogP contribution in [0.1, 0.15) is 27.2 Å². The molecular weight excluding hydrogens is 266 g/mol. The van der Waals surface area contributed by atoms with Gasteiger partial charge in [0.25, 0.3) is 0 Å². The van der Waals surface area contributed by atoms with Crippen LogP contribution in [0.2, 0.25) is 0 Å². The van der Waals surface area contributed by atoms with E-state index in [-0.39, 0.29) is 5.41 Å². The molecule has 6 heteroatoms. The molecule has 0 amide bonds. The van der Waals surface area contributed by atoms with Gasteiger partial charge in [0.15, 0.2) is 11.5 Å². The van der Waals surface area contributed by atoms with Crippen molar-refractivity contribution in [2.45, 2.75) is 27.2 Å². The highest BCUT2D eigenvalue weighted by atomic mass is 16.5. The van der Waals surface area contributed by atoms with Crippen molar-refractivity contribution in [3.8, 4) is 0 Å². The smallest absolute Gasteiger partial charge is 0.180 e. The van der Waals surface area contributed by atoms with E-state index in [1.54, 1.807) is 13.3 Å². The van der Waals surface area contributed by atoms with Gasteiger partial charge in [0.1, 0.15) is 5.82 Å². The third kappa shape index (κ3) is 4.07. The van der Waals surface area contributed by atoms with E-state index in [2.05, 4.69) is 41.4 Å². The number of hydrogen-bond acceptors (Lipinski definition) is 5. The Morgan fingerprint density at radius 3 is 2.86 bits per heavy atom. The molecule has 0 bridgehead atoms. The van der Waals surface area contributed by atoms with Crippen LogP contribution in [0.25, 0.3) is 5.65 Å². The summed E-state index contributed by atoms with van der Waals surface area (Å²) in [5.41, 5.74) is 0.981. The maximum absolute atomic E-state index is 5.17. The van der Waals surface area contributed by atoms with Gasteiger partial charge in [-0.05, 0) is 18.8 Å². The van der Waals surface area contributed by atoms with E-state index in [0.717, 1.165) is 43.4 Å². The molecule has 0 aliphatic rings. The summed E-state index contributed by atoms with van der Waals surface area (Å²) in [6.07, 6.45) is 6.66. The summed E-state index contributed by atoms with van der Waals surface area (Å²) in [6, 6.07) is 0. The molecule has 2 aromatic heterocycles. The summed E-state index contributed by atoms with van der Waals surface area (Å²) in [5.74, 6) is 1.66. The normalized spacial score (nSPS) is 11.8.